The second-order valence-electron chi connectivity index (χ2n) is 6.32. The van der Waals surface area contributed by atoms with Gasteiger partial charge in [-0.15, -0.1) is 0 Å². The third-order valence-corrected chi connectivity index (χ3v) is 4.36. The lowest BCUT2D eigenvalue weighted by Gasteiger charge is -2.27. The molecule has 0 saturated carbocycles. The van der Waals surface area contributed by atoms with Gasteiger partial charge in [0.25, 0.3) is 5.91 Å². The summed E-state index contributed by atoms with van der Waals surface area (Å²) in [6, 6.07) is 6.11. The molecule has 1 aromatic carbocycles. The van der Waals surface area contributed by atoms with Crippen LogP contribution in [0.5, 0.6) is 0 Å². The lowest BCUT2D eigenvalue weighted by atomic mass is 10.0. The van der Waals surface area contributed by atoms with Gasteiger partial charge in [-0.25, -0.2) is 4.39 Å². The summed E-state index contributed by atoms with van der Waals surface area (Å²) in [7, 11) is 2.07. The number of hydrogen-bond acceptors (Lipinski definition) is 4. The van der Waals surface area contributed by atoms with Gasteiger partial charge in [-0.3, -0.25) is 4.79 Å². The van der Waals surface area contributed by atoms with Crippen molar-refractivity contribution in [3.63, 3.8) is 0 Å². The fourth-order valence-corrected chi connectivity index (χ4v) is 2.99. The van der Waals surface area contributed by atoms with E-state index in [9.17, 15) is 14.0 Å². The zero-order chi connectivity index (χ0) is 17.4. The Morgan fingerprint density at radius 3 is 2.54 bits per heavy atom. The van der Waals surface area contributed by atoms with Crippen LogP contribution in [0, 0.1) is 11.7 Å². The third-order valence-electron chi connectivity index (χ3n) is 4.36. The highest BCUT2D eigenvalue weighted by atomic mass is 19.1. The molecule has 0 bridgehead atoms. The Kier molecular flexibility index (Phi) is 7.34. The van der Waals surface area contributed by atoms with Crippen molar-refractivity contribution in [2.24, 2.45) is 5.92 Å². The maximum atomic E-state index is 13.3. The van der Waals surface area contributed by atoms with Crippen LogP contribution in [-0.4, -0.2) is 68.3 Å². The molecule has 1 amide bonds. The Balaban J connectivity index is 0.000000198. The summed E-state index contributed by atoms with van der Waals surface area (Å²) < 4.78 is 13.3. The summed E-state index contributed by atoms with van der Waals surface area (Å²) in [5.74, 6) is -0.348. The van der Waals surface area contributed by atoms with Crippen LogP contribution in [0.4, 0.5) is 4.39 Å². The fraction of sp³-hybridized carbons (Fsp3) is 0.556. The lowest BCUT2D eigenvalue weighted by Crippen LogP contribution is -2.46. The van der Waals surface area contributed by atoms with Gasteiger partial charge >= 0.3 is 0 Å². The van der Waals surface area contributed by atoms with Crippen molar-refractivity contribution >= 4 is 12.2 Å². The minimum absolute atomic E-state index is 0.166. The number of nitrogens with zero attached hydrogens (tertiary/aromatic N) is 2. The molecular weight excluding hydrogens is 309 g/mol. The van der Waals surface area contributed by atoms with Crippen LogP contribution in [0.1, 0.15) is 23.2 Å². The molecule has 2 fully saturated rings. The number of aldehydes is 1. The van der Waals surface area contributed by atoms with E-state index >= 15 is 0 Å². The van der Waals surface area contributed by atoms with E-state index in [0.29, 0.717) is 19.0 Å². The van der Waals surface area contributed by atoms with Crippen molar-refractivity contribution < 1.29 is 14.0 Å². The average molecular weight is 335 g/mol. The van der Waals surface area contributed by atoms with Gasteiger partial charge in [-0.05, 0) is 38.6 Å². The van der Waals surface area contributed by atoms with E-state index in [4.69, 9.17) is 0 Å². The molecule has 2 saturated heterocycles. The van der Waals surface area contributed by atoms with Gasteiger partial charge in [-0.2, -0.15) is 0 Å². The van der Waals surface area contributed by atoms with Gasteiger partial charge in [0.2, 0.25) is 0 Å². The number of rotatable bonds is 2. The first-order valence-corrected chi connectivity index (χ1v) is 8.50. The number of carbonyl (C=O) groups is 2. The highest BCUT2D eigenvalue weighted by Gasteiger charge is 2.20. The largest absolute Gasteiger partial charge is 0.336 e. The number of carbonyl (C=O) groups excluding carboxylic acids is 2. The van der Waals surface area contributed by atoms with E-state index in [0.717, 1.165) is 38.9 Å². The highest BCUT2D eigenvalue weighted by Crippen LogP contribution is 2.12. The molecule has 5 nitrogen and oxygen atoms in total. The molecule has 0 spiro atoms. The molecule has 2 aliphatic rings. The quantitative estimate of drug-likeness (QED) is 0.830. The third kappa shape index (κ3) is 5.39. The number of piperazine rings is 1. The predicted molar refractivity (Wildman–Crippen MR) is 91.5 cm³/mol. The van der Waals surface area contributed by atoms with E-state index < -0.39 is 5.82 Å². The second kappa shape index (κ2) is 9.49. The molecule has 1 unspecified atom stereocenters. The number of benzene rings is 1. The molecule has 0 radical (unpaired) electrons. The number of nitrogens with one attached hydrogen (secondary N) is 1. The van der Waals surface area contributed by atoms with Crippen molar-refractivity contribution in [1.82, 2.24) is 15.1 Å². The Bertz CT molecular complexity index is 547. The van der Waals surface area contributed by atoms with Gasteiger partial charge in [0.1, 0.15) is 12.1 Å². The topological polar surface area (TPSA) is 52.7 Å². The van der Waals surface area contributed by atoms with Crippen LogP contribution >= 0.6 is 0 Å². The zero-order valence-corrected chi connectivity index (χ0v) is 14.2. The van der Waals surface area contributed by atoms with Crippen LogP contribution in [0.25, 0.3) is 0 Å². The summed E-state index contributed by atoms with van der Waals surface area (Å²) in [4.78, 5) is 26.0. The van der Waals surface area contributed by atoms with E-state index in [1.807, 2.05) is 0 Å². The molecule has 0 aromatic heterocycles. The Morgan fingerprint density at radius 1 is 1.25 bits per heavy atom. The number of halogens is 1. The molecule has 1 N–H and O–H groups in total. The Morgan fingerprint density at radius 2 is 1.96 bits per heavy atom. The molecule has 0 aliphatic carbocycles. The minimum atomic E-state index is -0.443. The van der Waals surface area contributed by atoms with E-state index in [2.05, 4.69) is 17.3 Å². The van der Waals surface area contributed by atoms with E-state index in [1.165, 1.54) is 18.6 Å². The van der Waals surface area contributed by atoms with Gasteiger partial charge in [0.15, 0.2) is 0 Å². The molecule has 2 aliphatic heterocycles. The molecule has 1 aromatic rings. The van der Waals surface area contributed by atoms with Crippen LogP contribution in [0.2, 0.25) is 0 Å². The number of amides is 1. The van der Waals surface area contributed by atoms with Crippen molar-refractivity contribution in [3.8, 4) is 0 Å². The standard InChI is InChI=1S/C11H13FN2O.C7H13NO/c12-10-4-2-1-3-9(10)11(15)14-7-5-13-6-8-14;1-8-4-2-3-7(5-8)6-9/h1-4,13H,5-8H2;6-7H,2-5H2,1H3. The molecular formula is C18H26FN3O2. The smallest absolute Gasteiger partial charge is 0.256 e. The van der Waals surface area contributed by atoms with E-state index in [1.54, 1.807) is 17.0 Å². The predicted octanol–water partition coefficient (Wildman–Crippen LogP) is 1.40. The summed E-state index contributed by atoms with van der Waals surface area (Å²) >= 11 is 0. The maximum absolute atomic E-state index is 13.3. The van der Waals surface area contributed by atoms with Crippen LogP contribution in [0.15, 0.2) is 24.3 Å². The Hall–Kier alpha value is -1.79. The van der Waals surface area contributed by atoms with Crippen molar-refractivity contribution in [2.75, 3.05) is 46.3 Å². The first-order chi connectivity index (χ1) is 11.6. The van der Waals surface area contributed by atoms with Crippen molar-refractivity contribution in [2.45, 2.75) is 12.8 Å². The first-order valence-electron chi connectivity index (χ1n) is 8.50. The Labute approximate surface area is 142 Å². The SMILES string of the molecule is CN1CCCC(C=O)C1.O=C(c1ccccc1F)N1CCNCC1. The van der Waals surface area contributed by atoms with Gasteiger partial charge < -0.3 is 19.9 Å². The fourth-order valence-electron chi connectivity index (χ4n) is 2.99. The van der Waals surface area contributed by atoms with Crippen molar-refractivity contribution in [3.05, 3.63) is 35.6 Å². The highest BCUT2D eigenvalue weighted by molar-refractivity contribution is 5.94. The average Bonchev–Trinajstić information content (AvgIpc) is 2.63. The zero-order valence-electron chi connectivity index (χ0n) is 14.2. The van der Waals surface area contributed by atoms with Gasteiger partial charge in [0.05, 0.1) is 5.56 Å². The summed E-state index contributed by atoms with van der Waals surface area (Å²) in [5, 5.41) is 3.15. The van der Waals surface area contributed by atoms with Crippen LogP contribution < -0.4 is 5.32 Å². The summed E-state index contributed by atoms with van der Waals surface area (Å²) in [5.41, 5.74) is 0.166. The maximum Gasteiger partial charge on any atom is 0.256 e. The van der Waals surface area contributed by atoms with E-state index in [-0.39, 0.29) is 11.5 Å². The second-order valence-corrected chi connectivity index (χ2v) is 6.32. The first kappa shape index (κ1) is 18.5. The number of piperidine rings is 1. The lowest BCUT2D eigenvalue weighted by molar-refractivity contribution is -0.112. The summed E-state index contributed by atoms with van der Waals surface area (Å²) in [6.45, 7) is 4.97. The molecule has 1 atom stereocenters. The molecule has 3 rings (SSSR count). The molecule has 24 heavy (non-hydrogen) atoms. The normalized spacial score (nSPS) is 21.6. The van der Waals surface area contributed by atoms with Gasteiger partial charge in [0, 0.05) is 38.6 Å². The summed E-state index contributed by atoms with van der Waals surface area (Å²) in [6.07, 6.45) is 3.35. The monoisotopic (exact) mass is 335 g/mol. The van der Waals surface area contributed by atoms with Crippen LogP contribution in [0.3, 0.4) is 0 Å². The number of hydrogen-bond donors (Lipinski definition) is 1. The van der Waals surface area contributed by atoms with Gasteiger partial charge in [-0.1, -0.05) is 12.1 Å². The van der Waals surface area contributed by atoms with Crippen molar-refractivity contribution in [1.29, 1.82) is 0 Å². The number of likely N-dealkylation sites (tertiary alicyclic amines) is 1. The minimum Gasteiger partial charge on any atom is -0.336 e. The molecule has 132 valence electrons. The molecule has 6 heteroatoms. The molecule has 2 heterocycles. The van der Waals surface area contributed by atoms with Crippen LogP contribution in [-0.2, 0) is 4.79 Å².